The Bertz CT molecular complexity index is 506. The zero-order valence-corrected chi connectivity index (χ0v) is 12.4. The highest BCUT2D eigenvalue weighted by Gasteiger charge is 2.12. The predicted octanol–water partition coefficient (Wildman–Crippen LogP) is 2.86. The number of H-pyrrole nitrogens is 1. The molecule has 0 radical (unpaired) electrons. The van der Waals surface area contributed by atoms with Crippen molar-refractivity contribution in [3.05, 3.63) is 41.2 Å². The summed E-state index contributed by atoms with van der Waals surface area (Å²) >= 11 is 1.67. The van der Waals surface area contributed by atoms with Crippen LogP contribution in [-0.2, 0) is 0 Å². The molecule has 0 aliphatic rings. The number of aryl methyl sites for hydroxylation is 2. The van der Waals surface area contributed by atoms with Crippen molar-refractivity contribution < 1.29 is 0 Å². The lowest BCUT2D eigenvalue weighted by atomic mass is 10.1. The second kappa shape index (κ2) is 6.73. The van der Waals surface area contributed by atoms with Crippen molar-refractivity contribution >= 4 is 11.8 Å². The summed E-state index contributed by atoms with van der Waals surface area (Å²) in [6, 6.07) is 9.01. The van der Waals surface area contributed by atoms with Crippen molar-refractivity contribution in [2.75, 3.05) is 12.3 Å². The fourth-order valence-corrected chi connectivity index (χ4v) is 2.80. The van der Waals surface area contributed by atoms with Crippen LogP contribution >= 0.6 is 11.8 Å². The fourth-order valence-electron chi connectivity index (χ4n) is 1.86. The average molecular weight is 276 g/mol. The molecule has 2 rings (SSSR count). The Kier molecular flexibility index (Phi) is 4.99. The van der Waals surface area contributed by atoms with Crippen molar-refractivity contribution in [3.63, 3.8) is 0 Å². The summed E-state index contributed by atoms with van der Waals surface area (Å²) in [5, 5.41) is 11.3. The van der Waals surface area contributed by atoms with E-state index >= 15 is 0 Å². The maximum absolute atomic E-state index is 4.32. The van der Waals surface area contributed by atoms with Gasteiger partial charge in [-0.25, -0.2) is 4.98 Å². The van der Waals surface area contributed by atoms with Gasteiger partial charge in [0.15, 0.2) is 0 Å². The number of benzene rings is 1. The monoisotopic (exact) mass is 276 g/mol. The van der Waals surface area contributed by atoms with E-state index in [-0.39, 0.29) is 0 Å². The first-order valence-electron chi connectivity index (χ1n) is 6.50. The topological polar surface area (TPSA) is 53.6 Å². The zero-order chi connectivity index (χ0) is 13.7. The molecule has 0 fully saturated rings. The summed E-state index contributed by atoms with van der Waals surface area (Å²) in [6.45, 7) is 7.10. The molecule has 1 aromatic carbocycles. The Morgan fingerprint density at radius 1 is 1.26 bits per heavy atom. The van der Waals surface area contributed by atoms with Crippen LogP contribution in [0.3, 0.4) is 0 Å². The maximum Gasteiger partial charge on any atom is 0.208 e. The van der Waals surface area contributed by atoms with Gasteiger partial charge in [-0.1, -0.05) is 48.5 Å². The fraction of sp³-hybridized carbons (Fsp3) is 0.429. The van der Waals surface area contributed by atoms with Crippen LogP contribution < -0.4 is 5.32 Å². The molecular weight excluding hydrogens is 256 g/mol. The number of thioether (sulfide) groups is 1. The van der Waals surface area contributed by atoms with E-state index in [9.17, 15) is 0 Å². The molecule has 0 saturated heterocycles. The minimum Gasteiger partial charge on any atom is -0.309 e. The molecule has 0 aliphatic carbocycles. The standard InChI is InChI=1S/C14H20N4S/c1-4-15-13(12-7-5-10(2)6-8-12)9-19-14-16-11(3)17-18-14/h5-8,13,15H,4,9H2,1-3H3,(H,16,17,18). The number of hydrogen-bond donors (Lipinski definition) is 2. The molecule has 2 N–H and O–H groups in total. The molecule has 0 aliphatic heterocycles. The number of aromatic amines is 1. The number of nitrogens with zero attached hydrogens (tertiary/aromatic N) is 2. The highest BCUT2D eigenvalue weighted by atomic mass is 32.2. The second-order valence-corrected chi connectivity index (χ2v) is 5.52. The van der Waals surface area contributed by atoms with E-state index in [0.717, 1.165) is 23.3 Å². The molecule has 0 amide bonds. The van der Waals surface area contributed by atoms with Gasteiger partial charge in [0.05, 0.1) is 0 Å². The summed E-state index contributed by atoms with van der Waals surface area (Å²) < 4.78 is 0. The lowest BCUT2D eigenvalue weighted by Crippen LogP contribution is -2.23. The third-order valence-corrected chi connectivity index (χ3v) is 3.83. The Morgan fingerprint density at radius 2 is 2.00 bits per heavy atom. The van der Waals surface area contributed by atoms with Crippen molar-refractivity contribution in [3.8, 4) is 0 Å². The van der Waals surface area contributed by atoms with Gasteiger partial charge in [0.1, 0.15) is 5.82 Å². The average Bonchev–Trinajstić information content (AvgIpc) is 2.81. The lowest BCUT2D eigenvalue weighted by molar-refractivity contribution is 0.605. The predicted molar refractivity (Wildman–Crippen MR) is 79.4 cm³/mol. The van der Waals surface area contributed by atoms with Gasteiger partial charge in [0.25, 0.3) is 0 Å². The lowest BCUT2D eigenvalue weighted by Gasteiger charge is -2.17. The van der Waals surface area contributed by atoms with Gasteiger partial charge in [-0.3, -0.25) is 5.10 Å². The van der Waals surface area contributed by atoms with E-state index in [2.05, 4.69) is 58.6 Å². The second-order valence-electron chi connectivity index (χ2n) is 4.54. The molecular formula is C14H20N4S. The van der Waals surface area contributed by atoms with Crippen molar-refractivity contribution in [1.82, 2.24) is 20.5 Å². The van der Waals surface area contributed by atoms with E-state index < -0.39 is 0 Å². The first-order chi connectivity index (χ1) is 9.19. The first-order valence-corrected chi connectivity index (χ1v) is 7.49. The highest BCUT2D eigenvalue weighted by Crippen LogP contribution is 2.22. The summed E-state index contributed by atoms with van der Waals surface area (Å²) in [6.07, 6.45) is 0. The van der Waals surface area contributed by atoms with Gasteiger partial charge in [0, 0.05) is 11.8 Å². The number of hydrogen-bond acceptors (Lipinski definition) is 4. The Labute approximate surface area is 118 Å². The number of nitrogens with one attached hydrogen (secondary N) is 2. The van der Waals surface area contributed by atoms with E-state index in [0.29, 0.717) is 6.04 Å². The SMILES string of the molecule is CCNC(CSc1n[nH]c(C)n1)c1ccc(C)cc1. The first kappa shape index (κ1) is 14.1. The Morgan fingerprint density at radius 3 is 2.58 bits per heavy atom. The molecule has 4 nitrogen and oxygen atoms in total. The molecule has 1 atom stereocenters. The van der Waals surface area contributed by atoms with Crippen LogP contribution in [0.1, 0.15) is 29.9 Å². The van der Waals surface area contributed by atoms with Crippen molar-refractivity contribution in [2.24, 2.45) is 0 Å². The molecule has 1 unspecified atom stereocenters. The zero-order valence-electron chi connectivity index (χ0n) is 11.6. The minimum atomic E-state index is 0.328. The summed E-state index contributed by atoms with van der Waals surface area (Å²) in [4.78, 5) is 4.32. The smallest absolute Gasteiger partial charge is 0.208 e. The van der Waals surface area contributed by atoms with E-state index in [1.807, 2.05) is 6.92 Å². The minimum absolute atomic E-state index is 0.328. The van der Waals surface area contributed by atoms with Crippen LogP contribution in [0.4, 0.5) is 0 Å². The van der Waals surface area contributed by atoms with Crippen LogP contribution in [0.25, 0.3) is 0 Å². The number of aromatic nitrogens is 3. The van der Waals surface area contributed by atoms with Crippen LogP contribution in [0.5, 0.6) is 0 Å². The largest absolute Gasteiger partial charge is 0.309 e. The van der Waals surface area contributed by atoms with Gasteiger partial charge in [0.2, 0.25) is 5.16 Å². The van der Waals surface area contributed by atoms with Crippen molar-refractivity contribution in [1.29, 1.82) is 0 Å². The Balaban J connectivity index is 2.01. The molecule has 2 aromatic rings. The van der Waals surface area contributed by atoms with Crippen molar-refractivity contribution in [2.45, 2.75) is 32.0 Å². The van der Waals surface area contributed by atoms with Gasteiger partial charge >= 0.3 is 0 Å². The van der Waals surface area contributed by atoms with Gasteiger partial charge in [-0.2, -0.15) is 0 Å². The third kappa shape index (κ3) is 4.08. The molecule has 102 valence electrons. The van der Waals surface area contributed by atoms with E-state index in [1.54, 1.807) is 11.8 Å². The molecule has 1 aromatic heterocycles. The molecule has 1 heterocycles. The van der Waals surface area contributed by atoms with Crippen LogP contribution in [0, 0.1) is 13.8 Å². The third-order valence-electron chi connectivity index (χ3n) is 2.89. The summed E-state index contributed by atoms with van der Waals surface area (Å²) in [7, 11) is 0. The van der Waals surface area contributed by atoms with E-state index in [4.69, 9.17) is 0 Å². The molecule has 0 spiro atoms. The van der Waals surface area contributed by atoms with E-state index in [1.165, 1.54) is 11.1 Å². The molecule has 0 bridgehead atoms. The highest BCUT2D eigenvalue weighted by molar-refractivity contribution is 7.99. The van der Waals surface area contributed by atoms with Crippen LogP contribution in [0.15, 0.2) is 29.4 Å². The molecule has 19 heavy (non-hydrogen) atoms. The summed E-state index contributed by atoms with van der Waals surface area (Å²) in [5.74, 6) is 1.78. The molecule has 5 heteroatoms. The molecule has 0 saturated carbocycles. The Hall–Kier alpha value is -1.33. The quantitative estimate of drug-likeness (QED) is 0.797. The summed E-state index contributed by atoms with van der Waals surface area (Å²) in [5.41, 5.74) is 2.60. The van der Waals surface area contributed by atoms with Gasteiger partial charge in [-0.05, 0) is 26.0 Å². The maximum atomic E-state index is 4.32. The van der Waals surface area contributed by atoms with Gasteiger partial charge < -0.3 is 5.32 Å². The van der Waals surface area contributed by atoms with Gasteiger partial charge in [-0.15, -0.1) is 5.10 Å². The normalized spacial score (nSPS) is 12.6. The number of rotatable bonds is 6. The van der Waals surface area contributed by atoms with Crippen LogP contribution in [0.2, 0.25) is 0 Å². The van der Waals surface area contributed by atoms with Crippen LogP contribution in [-0.4, -0.2) is 27.5 Å².